The van der Waals surface area contributed by atoms with Gasteiger partial charge in [-0.2, -0.15) is 0 Å². The van der Waals surface area contributed by atoms with Gasteiger partial charge in [-0.25, -0.2) is 0 Å². The molecule has 1 aromatic carbocycles. The van der Waals surface area contributed by atoms with Crippen LogP contribution in [0, 0.1) is 5.41 Å². The number of benzene rings is 1. The van der Waals surface area contributed by atoms with Crippen LogP contribution in [0.2, 0.25) is 0 Å². The fraction of sp³-hybridized carbons (Fsp3) is 0.500. The van der Waals surface area contributed by atoms with E-state index in [0.29, 0.717) is 13.1 Å². The van der Waals surface area contributed by atoms with Gasteiger partial charge in [-0.15, -0.1) is 0 Å². The first-order valence-corrected chi connectivity index (χ1v) is 5.99. The van der Waals surface area contributed by atoms with E-state index in [0.717, 1.165) is 5.56 Å². The highest BCUT2D eigenvalue weighted by molar-refractivity contribution is 5.69. The van der Waals surface area contributed by atoms with E-state index in [9.17, 15) is 9.90 Å². The Morgan fingerprint density at radius 2 is 1.89 bits per heavy atom. The van der Waals surface area contributed by atoms with Gasteiger partial charge in [0.25, 0.3) is 0 Å². The van der Waals surface area contributed by atoms with Crippen LogP contribution in [0.5, 0.6) is 5.75 Å². The molecular formula is C14H21NO3. The minimum atomic E-state index is -0.852. The molecule has 0 spiro atoms. The van der Waals surface area contributed by atoms with Crippen molar-refractivity contribution in [2.75, 3.05) is 13.1 Å². The maximum atomic E-state index is 10.9. The first-order valence-electron chi connectivity index (χ1n) is 5.99. The highest BCUT2D eigenvalue weighted by Crippen LogP contribution is 2.21. The summed E-state index contributed by atoms with van der Waals surface area (Å²) in [4.78, 5) is 12.7. The monoisotopic (exact) mass is 251 g/mol. The highest BCUT2D eigenvalue weighted by Gasteiger charge is 2.19. The number of rotatable bonds is 5. The molecule has 0 amide bonds. The van der Waals surface area contributed by atoms with E-state index in [1.807, 2.05) is 17.0 Å². The van der Waals surface area contributed by atoms with E-state index in [1.165, 1.54) is 0 Å². The average molecular weight is 251 g/mol. The number of nitrogens with zero attached hydrogens (tertiary/aromatic N) is 1. The molecule has 0 atom stereocenters. The standard InChI is InChI=1S/C14H21NO3/c1-14(2,3)10-15(9-13(17)18)8-11-6-4-5-7-12(11)16/h4-7,16H,8-10H2,1-3H3,(H,17,18). The molecule has 0 saturated heterocycles. The maximum Gasteiger partial charge on any atom is 0.317 e. The molecule has 1 rings (SSSR count). The van der Waals surface area contributed by atoms with E-state index in [2.05, 4.69) is 20.8 Å². The number of aromatic hydroxyl groups is 1. The Labute approximate surface area is 108 Å². The van der Waals surface area contributed by atoms with Crippen molar-refractivity contribution in [1.29, 1.82) is 0 Å². The van der Waals surface area contributed by atoms with Crippen LogP contribution in [0.15, 0.2) is 24.3 Å². The fourth-order valence-electron chi connectivity index (χ4n) is 1.92. The van der Waals surface area contributed by atoms with Crippen molar-refractivity contribution < 1.29 is 15.0 Å². The van der Waals surface area contributed by atoms with Gasteiger partial charge >= 0.3 is 5.97 Å². The summed E-state index contributed by atoms with van der Waals surface area (Å²) in [5.74, 6) is -0.642. The molecule has 0 bridgehead atoms. The van der Waals surface area contributed by atoms with Crippen molar-refractivity contribution in [3.63, 3.8) is 0 Å². The lowest BCUT2D eigenvalue weighted by Crippen LogP contribution is -2.36. The van der Waals surface area contributed by atoms with Crippen LogP contribution >= 0.6 is 0 Å². The van der Waals surface area contributed by atoms with Gasteiger partial charge in [-0.1, -0.05) is 39.0 Å². The van der Waals surface area contributed by atoms with Crippen molar-refractivity contribution in [1.82, 2.24) is 4.90 Å². The summed E-state index contributed by atoms with van der Waals surface area (Å²) in [7, 11) is 0. The molecule has 4 heteroatoms. The number of carboxylic acids is 1. The van der Waals surface area contributed by atoms with Gasteiger partial charge in [0.1, 0.15) is 5.75 Å². The summed E-state index contributed by atoms with van der Waals surface area (Å²) in [5, 5.41) is 18.6. The number of aliphatic carboxylic acids is 1. The second-order valence-electron chi connectivity index (χ2n) is 5.73. The van der Waals surface area contributed by atoms with Crippen molar-refractivity contribution in [3.8, 4) is 5.75 Å². The lowest BCUT2D eigenvalue weighted by molar-refractivity contribution is -0.138. The Bertz CT molecular complexity index is 410. The normalized spacial score (nSPS) is 11.8. The molecule has 100 valence electrons. The van der Waals surface area contributed by atoms with Crippen molar-refractivity contribution >= 4 is 5.97 Å². The van der Waals surface area contributed by atoms with Crippen molar-refractivity contribution in [2.45, 2.75) is 27.3 Å². The third-order valence-corrected chi connectivity index (χ3v) is 2.44. The van der Waals surface area contributed by atoms with Gasteiger partial charge in [0.05, 0.1) is 6.54 Å². The van der Waals surface area contributed by atoms with E-state index in [1.54, 1.807) is 12.1 Å². The van der Waals surface area contributed by atoms with Crippen LogP contribution < -0.4 is 0 Å². The molecule has 2 N–H and O–H groups in total. The predicted molar refractivity (Wildman–Crippen MR) is 70.5 cm³/mol. The molecule has 0 radical (unpaired) electrons. The van der Waals surface area contributed by atoms with Crippen LogP contribution in [-0.2, 0) is 11.3 Å². The molecule has 0 unspecified atom stereocenters. The number of phenolic OH excluding ortho intramolecular Hbond substituents is 1. The van der Waals surface area contributed by atoms with E-state index < -0.39 is 5.97 Å². The lowest BCUT2D eigenvalue weighted by atomic mass is 9.95. The summed E-state index contributed by atoms with van der Waals surface area (Å²) in [6, 6.07) is 7.02. The van der Waals surface area contributed by atoms with E-state index in [-0.39, 0.29) is 17.7 Å². The van der Waals surface area contributed by atoms with Gasteiger partial charge in [0.15, 0.2) is 0 Å². The molecule has 0 aromatic heterocycles. The van der Waals surface area contributed by atoms with Crippen LogP contribution in [0.25, 0.3) is 0 Å². The van der Waals surface area contributed by atoms with E-state index >= 15 is 0 Å². The third kappa shape index (κ3) is 5.19. The minimum absolute atomic E-state index is 0.0137. The maximum absolute atomic E-state index is 10.9. The second kappa shape index (κ2) is 5.87. The molecule has 0 aliphatic carbocycles. The first-order chi connectivity index (χ1) is 8.28. The second-order valence-corrected chi connectivity index (χ2v) is 5.73. The zero-order valence-electron chi connectivity index (χ0n) is 11.2. The molecule has 1 aromatic rings. The summed E-state index contributed by atoms with van der Waals surface area (Å²) in [6.45, 7) is 7.27. The molecule has 0 fully saturated rings. The topological polar surface area (TPSA) is 60.8 Å². The number of carbonyl (C=O) groups is 1. The van der Waals surface area contributed by atoms with Crippen LogP contribution in [0.4, 0.5) is 0 Å². The van der Waals surface area contributed by atoms with Gasteiger partial charge < -0.3 is 10.2 Å². The Kier molecular flexibility index (Phi) is 4.73. The average Bonchev–Trinajstić information content (AvgIpc) is 2.17. The van der Waals surface area contributed by atoms with Gasteiger partial charge in [-0.05, 0) is 11.5 Å². The van der Waals surface area contributed by atoms with Gasteiger partial charge in [0.2, 0.25) is 0 Å². The largest absolute Gasteiger partial charge is 0.508 e. The van der Waals surface area contributed by atoms with Crippen LogP contribution in [0.3, 0.4) is 0 Å². The Hall–Kier alpha value is -1.55. The quantitative estimate of drug-likeness (QED) is 0.843. The SMILES string of the molecule is CC(C)(C)CN(CC(=O)O)Cc1ccccc1O. The van der Waals surface area contributed by atoms with Crippen molar-refractivity contribution in [2.24, 2.45) is 5.41 Å². The molecule has 0 aliphatic rings. The molecule has 4 nitrogen and oxygen atoms in total. The number of para-hydroxylation sites is 1. The van der Waals surface area contributed by atoms with Crippen LogP contribution in [-0.4, -0.2) is 34.2 Å². The number of phenols is 1. The number of carboxylic acid groups (broad SMARTS) is 1. The third-order valence-electron chi connectivity index (χ3n) is 2.44. The molecule has 0 aliphatic heterocycles. The molecule has 18 heavy (non-hydrogen) atoms. The zero-order chi connectivity index (χ0) is 13.8. The first kappa shape index (κ1) is 14.5. The summed E-state index contributed by atoms with van der Waals surface area (Å²) < 4.78 is 0. The van der Waals surface area contributed by atoms with Crippen LogP contribution in [0.1, 0.15) is 26.3 Å². The fourth-order valence-corrected chi connectivity index (χ4v) is 1.92. The van der Waals surface area contributed by atoms with Gasteiger partial charge in [-0.3, -0.25) is 9.69 Å². The Morgan fingerprint density at radius 1 is 1.28 bits per heavy atom. The molecular weight excluding hydrogens is 230 g/mol. The molecule has 0 saturated carbocycles. The zero-order valence-corrected chi connectivity index (χ0v) is 11.2. The summed E-state index contributed by atoms with van der Waals surface area (Å²) in [5.41, 5.74) is 0.767. The summed E-state index contributed by atoms with van der Waals surface area (Å²) in [6.07, 6.45) is 0. The predicted octanol–water partition coefficient (Wildman–Crippen LogP) is 2.32. The highest BCUT2D eigenvalue weighted by atomic mass is 16.4. The molecule has 0 heterocycles. The number of hydrogen-bond acceptors (Lipinski definition) is 3. The van der Waals surface area contributed by atoms with E-state index in [4.69, 9.17) is 5.11 Å². The Morgan fingerprint density at radius 3 is 2.39 bits per heavy atom. The summed E-state index contributed by atoms with van der Waals surface area (Å²) >= 11 is 0. The number of hydrogen-bond donors (Lipinski definition) is 2. The Balaban J connectivity index is 2.78. The lowest BCUT2D eigenvalue weighted by Gasteiger charge is -2.28. The van der Waals surface area contributed by atoms with Crippen molar-refractivity contribution in [3.05, 3.63) is 29.8 Å². The minimum Gasteiger partial charge on any atom is -0.508 e. The van der Waals surface area contributed by atoms with Gasteiger partial charge in [0, 0.05) is 18.7 Å². The smallest absolute Gasteiger partial charge is 0.317 e.